The van der Waals surface area contributed by atoms with Gasteiger partial charge in [-0.25, -0.2) is 5.43 Å². The van der Waals surface area contributed by atoms with Gasteiger partial charge in [0.15, 0.2) is 0 Å². The molecular weight excluding hydrogens is 328 g/mol. The summed E-state index contributed by atoms with van der Waals surface area (Å²) >= 11 is 0. The lowest BCUT2D eigenvalue weighted by Gasteiger charge is -2.26. The number of para-hydroxylation sites is 2. The molecule has 136 valence electrons. The van der Waals surface area contributed by atoms with Gasteiger partial charge in [-0.1, -0.05) is 49.2 Å². The standard InChI is InChI=1S/C21H24N2O3/c24-21(20-17-11-5-6-12-18(17)22-23-20)25-14-15-8-4-7-13-19(15)26-16-9-2-1-3-10-16/h1-4,7-10,13,17-18,20,22-23H,5-6,11-12,14H2. The number of carbonyl (C=O) groups is 1. The molecule has 2 fully saturated rings. The molecule has 0 aromatic heterocycles. The summed E-state index contributed by atoms with van der Waals surface area (Å²) in [5.41, 5.74) is 7.25. The highest BCUT2D eigenvalue weighted by Gasteiger charge is 2.41. The molecule has 1 heterocycles. The minimum Gasteiger partial charge on any atom is -0.459 e. The van der Waals surface area contributed by atoms with Gasteiger partial charge in [0.2, 0.25) is 0 Å². The Morgan fingerprint density at radius 2 is 1.73 bits per heavy atom. The molecule has 3 atom stereocenters. The average molecular weight is 352 g/mol. The Labute approximate surface area is 153 Å². The van der Waals surface area contributed by atoms with E-state index >= 15 is 0 Å². The second-order valence-corrected chi connectivity index (χ2v) is 6.95. The number of fused-ring (bicyclic) bond motifs is 1. The first-order chi connectivity index (χ1) is 12.8. The molecule has 4 rings (SSSR count). The van der Waals surface area contributed by atoms with Gasteiger partial charge in [0.1, 0.15) is 24.1 Å². The predicted octanol–water partition coefficient (Wildman–Crippen LogP) is 3.56. The van der Waals surface area contributed by atoms with E-state index in [1.807, 2.05) is 54.6 Å². The molecule has 5 heteroatoms. The van der Waals surface area contributed by atoms with Gasteiger partial charge in [0.25, 0.3) is 0 Å². The maximum absolute atomic E-state index is 12.6. The van der Waals surface area contributed by atoms with Crippen LogP contribution < -0.4 is 15.6 Å². The molecule has 0 bridgehead atoms. The summed E-state index contributed by atoms with van der Waals surface area (Å²) in [5.74, 6) is 1.60. The molecule has 2 aliphatic rings. The Morgan fingerprint density at radius 1 is 0.962 bits per heavy atom. The maximum atomic E-state index is 12.6. The number of hydrogen-bond donors (Lipinski definition) is 2. The summed E-state index contributed by atoms with van der Waals surface area (Å²) in [6.07, 6.45) is 4.59. The zero-order valence-electron chi connectivity index (χ0n) is 14.7. The smallest absolute Gasteiger partial charge is 0.325 e. The zero-order chi connectivity index (χ0) is 17.8. The van der Waals surface area contributed by atoms with Crippen LogP contribution in [0.15, 0.2) is 54.6 Å². The van der Waals surface area contributed by atoms with Crippen molar-refractivity contribution in [3.8, 4) is 11.5 Å². The van der Waals surface area contributed by atoms with Crippen LogP contribution in [-0.4, -0.2) is 18.1 Å². The van der Waals surface area contributed by atoms with E-state index in [-0.39, 0.29) is 18.6 Å². The summed E-state index contributed by atoms with van der Waals surface area (Å²) in [4.78, 5) is 12.6. The monoisotopic (exact) mass is 352 g/mol. The third-order valence-corrected chi connectivity index (χ3v) is 5.24. The molecule has 0 spiro atoms. The summed E-state index contributed by atoms with van der Waals surface area (Å²) in [6.45, 7) is 0.206. The van der Waals surface area contributed by atoms with Crippen molar-refractivity contribution in [1.82, 2.24) is 10.9 Å². The van der Waals surface area contributed by atoms with Gasteiger partial charge < -0.3 is 9.47 Å². The molecule has 0 radical (unpaired) electrons. The van der Waals surface area contributed by atoms with Crippen molar-refractivity contribution in [3.63, 3.8) is 0 Å². The van der Waals surface area contributed by atoms with Crippen LogP contribution in [0.2, 0.25) is 0 Å². The quantitative estimate of drug-likeness (QED) is 0.806. The molecule has 1 saturated carbocycles. The molecule has 26 heavy (non-hydrogen) atoms. The largest absolute Gasteiger partial charge is 0.459 e. The topological polar surface area (TPSA) is 59.6 Å². The third kappa shape index (κ3) is 3.74. The number of benzene rings is 2. The lowest BCUT2D eigenvalue weighted by Crippen LogP contribution is -2.39. The van der Waals surface area contributed by atoms with Crippen molar-refractivity contribution in [1.29, 1.82) is 0 Å². The van der Waals surface area contributed by atoms with Gasteiger partial charge >= 0.3 is 5.97 Å². The Balaban J connectivity index is 1.39. The molecule has 2 aromatic rings. The Hall–Kier alpha value is -2.37. The van der Waals surface area contributed by atoms with E-state index in [2.05, 4.69) is 10.9 Å². The van der Waals surface area contributed by atoms with Crippen molar-refractivity contribution >= 4 is 5.97 Å². The highest BCUT2D eigenvalue weighted by Crippen LogP contribution is 2.31. The van der Waals surface area contributed by atoms with E-state index in [0.29, 0.717) is 17.7 Å². The fraction of sp³-hybridized carbons (Fsp3) is 0.381. The fourth-order valence-corrected chi connectivity index (χ4v) is 3.85. The molecule has 1 aliphatic heterocycles. The van der Waals surface area contributed by atoms with Crippen LogP contribution in [0.4, 0.5) is 0 Å². The van der Waals surface area contributed by atoms with Crippen molar-refractivity contribution < 1.29 is 14.3 Å². The van der Waals surface area contributed by atoms with Gasteiger partial charge in [-0.2, -0.15) is 0 Å². The molecule has 2 N–H and O–H groups in total. The third-order valence-electron chi connectivity index (χ3n) is 5.24. The van der Waals surface area contributed by atoms with Gasteiger partial charge in [0.05, 0.1) is 0 Å². The number of nitrogens with one attached hydrogen (secondary N) is 2. The SMILES string of the molecule is O=C(OCc1ccccc1Oc1ccccc1)C1NNC2CCCCC21. The average Bonchev–Trinajstić information content (AvgIpc) is 3.12. The van der Waals surface area contributed by atoms with Crippen LogP contribution in [0.1, 0.15) is 31.2 Å². The number of ether oxygens (including phenoxy) is 2. The predicted molar refractivity (Wildman–Crippen MR) is 98.6 cm³/mol. The van der Waals surface area contributed by atoms with E-state index in [1.54, 1.807) is 0 Å². The highest BCUT2D eigenvalue weighted by atomic mass is 16.5. The second kappa shape index (κ2) is 7.89. The first-order valence-electron chi connectivity index (χ1n) is 9.30. The van der Waals surface area contributed by atoms with Crippen LogP contribution in [0.25, 0.3) is 0 Å². The summed E-state index contributed by atoms with van der Waals surface area (Å²) in [5, 5.41) is 0. The van der Waals surface area contributed by atoms with E-state index in [1.165, 1.54) is 12.8 Å². The van der Waals surface area contributed by atoms with Gasteiger partial charge in [0, 0.05) is 17.5 Å². The lowest BCUT2D eigenvalue weighted by atomic mass is 9.82. The van der Waals surface area contributed by atoms with E-state index in [9.17, 15) is 4.79 Å². The molecular formula is C21H24N2O3. The number of carbonyl (C=O) groups excluding carboxylic acids is 1. The summed E-state index contributed by atoms with van der Waals surface area (Å²) in [6, 6.07) is 17.4. The Kier molecular flexibility index (Phi) is 5.18. The van der Waals surface area contributed by atoms with Gasteiger partial charge in [-0.3, -0.25) is 10.2 Å². The van der Waals surface area contributed by atoms with E-state index < -0.39 is 0 Å². The van der Waals surface area contributed by atoms with Crippen molar-refractivity contribution in [3.05, 3.63) is 60.2 Å². The van der Waals surface area contributed by atoms with Crippen LogP contribution in [0, 0.1) is 5.92 Å². The van der Waals surface area contributed by atoms with Crippen LogP contribution >= 0.6 is 0 Å². The number of hydrogen-bond acceptors (Lipinski definition) is 5. The van der Waals surface area contributed by atoms with Crippen molar-refractivity contribution in [2.24, 2.45) is 5.92 Å². The van der Waals surface area contributed by atoms with Crippen molar-refractivity contribution in [2.75, 3.05) is 0 Å². The van der Waals surface area contributed by atoms with Crippen LogP contribution in [0.5, 0.6) is 11.5 Å². The molecule has 0 amide bonds. The second-order valence-electron chi connectivity index (χ2n) is 6.95. The van der Waals surface area contributed by atoms with Crippen LogP contribution in [0.3, 0.4) is 0 Å². The van der Waals surface area contributed by atoms with Gasteiger partial charge in [-0.15, -0.1) is 0 Å². The maximum Gasteiger partial charge on any atom is 0.325 e. The Bertz CT molecular complexity index is 750. The zero-order valence-corrected chi connectivity index (χ0v) is 14.7. The molecule has 5 nitrogen and oxygen atoms in total. The van der Waals surface area contributed by atoms with Crippen molar-refractivity contribution in [2.45, 2.75) is 44.4 Å². The number of hydrazine groups is 1. The van der Waals surface area contributed by atoms with Crippen LogP contribution in [-0.2, 0) is 16.1 Å². The van der Waals surface area contributed by atoms with Gasteiger partial charge in [-0.05, 0) is 31.0 Å². The molecule has 3 unspecified atom stereocenters. The minimum absolute atomic E-state index is 0.193. The first-order valence-corrected chi connectivity index (χ1v) is 9.30. The highest BCUT2D eigenvalue weighted by molar-refractivity contribution is 5.76. The fourth-order valence-electron chi connectivity index (χ4n) is 3.85. The van der Waals surface area contributed by atoms with E-state index in [0.717, 1.165) is 24.2 Å². The number of rotatable bonds is 5. The first kappa shape index (κ1) is 17.1. The lowest BCUT2D eigenvalue weighted by molar-refractivity contribution is -0.148. The minimum atomic E-state index is -0.262. The van der Waals surface area contributed by atoms with E-state index in [4.69, 9.17) is 9.47 Å². The normalized spacial score (nSPS) is 24.7. The molecule has 1 aliphatic carbocycles. The summed E-state index contributed by atoms with van der Waals surface area (Å²) < 4.78 is 11.6. The molecule has 1 saturated heterocycles. The number of esters is 1. The Morgan fingerprint density at radius 3 is 2.62 bits per heavy atom. The molecule has 2 aromatic carbocycles. The summed E-state index contributed by atoms with van der Waals surface area (Å²) in [7, 11) is 0.